The summed E-state index contributed by atoms with van der Waals surface area (Å²) in [5.41, 5.74) is 2.17. The first-order chi connectivity index (χ1) is 22.4. The van der Waals surface area contributed by atoms with Gasteiger partial charge in [0, 0.05) is 98.4 Å². The highest BCUT2D eigenvalue weighted by Gasteiger charge is 2.47. The van der Waals surface area contributed by atoms with E-state index in [0.717, 1.165) is 81.8 Å². The number of likely N-dealkylation sites (tertiary alicyclic amines) is 2. The number of H-pyrrole nitrogens is 1. The minimum Gasteiger partial charge on any atom is -0.448 e. The molecular weight excluding hydrogens is 638 g/mol. The molecule has 2 saturated heterocycles. The zero-order chi connectivity index (χ0) is 33.5. The van der Waals surface area contributed by atoms with Crippen molar-refractivity contribution < 1.29 is 19.1 Å². The van der Waals surface area contributed by atoms with Crippen LogP contribution in [0.5, 0.6) is 11.5 Å². The molecule has 1 aromatic heterocycles. The number of hydrogen-bond donors (Lipinski definition) is 3. The van der Waals surface area contributed by atoms with Gasteiger partial charge in [0.05, 0.1) is 5.02 Å². The van der Waals surface area contributed by atoms with Gasteiger partial charge < -0.3 is 30.0 Å². The number of carbonyl (C=O) groups is 2. The van der Waals surface area contributed by atoms with Crippen LogP contribution in [0.2, 0.25) is 5.02 Å². The number of halogens is 1. The third-order valence-electron chi connectivity index (χ3n) is 10.6. The highest BCUT2D eigenvalue weighted by Crippen LogP contribution is 2.51. The molecule has 4 aliphatic rings. The van der Waals surface area contributed by atoms with Gasteiger partial charge in [-0.15, -0.1) is 11.8 Å². The van der Waals surface area contributed by atoms with Crippen molar-refractivity contribution in [3.8, 4) is 11.5 Å². The quantitative estimate of drug-likeness (QED) is 0.320. The molecule has 1 saturated carbocycles. The van der Waals surface area contributed by atoms with Gasteiger partial charge in [-0.05, 0) is 76.7 Å². The second-order valence-electron chi connectivity index (χ2n) is 14.0. The van der Waals surface area contributed by atoms with E-state index in [0.29, 0.717) is 51.2 Å². The number of carbonyl (C=O) groups excluding carboxylic acids is 2. The first-order valence-corrected chi connectivity index (χ1v) is 18.5. The van der Waals surface area contributed by atoms with E-state index in [2.05, 4.69) is 20.5 Å². The summed E-state index contributed by atoms with van der Waals surface area (Å²) in [5, 5.41) is 7.14. The minimum atomic E-state index is -0.857. The highest BCUT2D eigenvalue weighted by atomic mass is 35.5. The van der Waals surface area contributed by atoms with Gasteiger partial charge in [0.1, 0.15) is 0 Å². The predicted molar refractivity (Wildman–Crippen MR) is 185 cm³/mol. The molecule has 0 radical (unpaired) electrons. The number of hydrogen-bond acceptors (Lipinski definition) is 8. The number of aromatic amines is 1. The molecule has 47 heavy (non-hydrogen) atoms. The molecule has 1 aliphatic carbocycles. The number of amides is 2. The molecule has 4 heterocycles. The average Bonchev–Trinajstić information content (AvgIpc) is 3.41. The molecule has 2 aromatic rings. The number of thioether (sulfide) groups is 1. The molecule has 1 unspecified atom stereocenters. The first-order valence-electron chi connectivity index (χ1n) is 16.9. The van der Waals surface area contributed by atoms with Crippen LogP contribution in [0.3, 0.4) is 0 Å². The molecule has 3 fully saturated rings. The van der Waals surface area contributed by atoms with E-state index in [-0.39, 0.29) is 29.8 Å². The summed E-state index contributed by atoms with van der Waals surface area (Å²) in [6, 6.07) is 4.56. The largest absolute Gasteiger partial charge is 0.448 e. The Morgan fingerprint density at radius 2 is 1.72 bits per heavy atom. The van der Waals surface area contributed by atoms with Crippen molar-refractivity contribution in [1.29, 1.82) is 0 Å². The molecule has 256 valence electrons. The van der Waals surface area contributed by atoms with Crippen LogP contribution in [0.1, 0.15) is 79.6 Å². The summed E-state index contributed by atoms with van der Waals surface area (Å²) in [6.45, 7) is 12.6. The van der Waals surface area contributed by atoms with Gasteiger partial charge >= 0.3 is 0 Å². The maximum atomic E-state index is 13.3. The second kappa shape index (κ2) is 14.0. The Morgan fingerprint density at radius 3 is 2.38 bits per heavy atom. The zero-order valence-corrected chi connectivity index (χ0v) is 29.7. The Balaban J connectivity index is 0.990. The lowest BCUT2D eigenvalue weighted by Crippen LogP contribution is -2.61. The average molecular weight is 686 g/mol. The number of pyridine rings is 1. The van der Waals surface area contributed by atoms with Gasteiger partial charge in [0.25, 0.3) is 17.3 Å². The number of rotatable bonds is 9. The normalized spacial score (nSPS) is 25.1. The molecule has 2 amide bonds. The topological polar surface area (TPSA) is 116 Å². The van der Waals surface area contributed by atoms with Crippen LogP contribution in [-0.4, -0.2) is 83.4 Å². The second-order valence-corrected chi connectivity index (χ2v) is 15.3. The predicted octanol–water partition coefficient (Wildman–Crippen LogP) is 4.88. The third kappa shape index (κ3) is 7.33. The lowest BCUT2D eigenvalue weighted by atomic mass is 9.81. The molecule has 10 nitrogen and oxygen atoms in total. The maximum absolute atomic E-state index is 13.3. The van der Waals surface area contributed by atoms with Crippen molar-refractivity contribution in [1.82, 2.24) is 25.4 Å². The smallest absolute Gasteiger partial charge is 0.254 e. The number of aryl methyl sites for hydroxylation is 1. The van der Waals surface area contributed by atoms with Crippen LogP contribution in [0, 0.1) is 25.7 Å². The molecule has 6 rings (SSSR count). The van der Waals surface area contributed by atoms with Crippen LogP contribution in [0.25, 0.3) is 0 Å². The summed E-state index contributed by atoms with van der Waals surface area (Å²) in [7, 11) is 0. The summed E-state index contributed by atoms with van der Waals surface area (Å²) >= 11 is 8.16. The fraction of sp³-hybridized carbons (Fsp3) is 0.629. The first kappa shape index (κ1) is 34.1. The molecule has 3 aliphatic heterocycles. The number of nitrogens with one attached hydrogen (secondary N) is 3. The minimum absolute atomic E-state index is 0.103. The molecule has 12 heteroatoms. The summed E-state index contributed by atoms with van der Waals surface area (Å²) < 4.78 is 13.0. The van der Waals surface area contributed by atoms with Crippen LogP contribution in [0.15, 0.2) is 21.8 Å². The van der Waals surface area contributed by atoms with Crippen LogP contribution in [0.4, 0.5) is 0 Å². The van der Waals surface area contributed by atoms with E-state index in [1.54, 1.807) is 13.0 Å². The number of piperidine rings is 1. The van der Waals surface area contributed by atoms with Gasteiger partial charge in [-0.1, -0.05) is 11.6 Å². The van der Waals surface area contributed by atoms with Crippen LogP contribution < -0.4 is 25.7 Å². The third-order valence-corrected chi connectivity index (χ3v) is 11.7. The number of fused-ring (bicyclic) bond motifs is 1. The van der Waals surface area contributed by atoms with E-state index in [9.17, 15) is 14.4 Å². The molecule has 3 N–H and O–H groups in total. The van der Waals surface area contributed by atoms with Crippen molar-refractivity contribution in [2.75, 3.05) is 39.0 Å². The Labute approximate surface area is 286 Å². The van der Waals surface area contributed by atoms with Crippen LogP contribution >= 0.6 is 23.4 Å². The fourth-order valence-corrected chi connectivity index (χ4v) is 8.73. The van der Waals surface area contributed by atoms with E-state index >= 15 is 0 Å². The molecule has 1 atom stereocenters. The Hall–Kier alpha value is -2.73. The Kier molecular flexibility index (Phi) is 10.2. The van der Waals surface area contributed by atoms with E-state index in [4.69, 9.17) is 21.1 Å². The van der Waals surface area contributed by atoms with Gasteiger partial charge in [0.2, 0.25) is 5.91 Å². The van der Waals surface area contributed by atoms with E-state index in [1.165, 1.54) is 11.8 Å². The summed E-state index contributed by atoms with van der Waals surface area (Å²) in [6.07, 6.45) is 8.19. The summed E-state index contributed by atoms with van der Waals surface area (Å²) in [4.78, 5) is 45.7. The van der Waals surface area contributed by atoms with Gasteiger partial charge in [0.15, 0.2) is 11.5 Å². The Bertz CT molecular complexity index is 1560. The van der Waals surface area contributed by atoms with Gasteiger partial charge in [-0.3, -0.25) is 19.3 Å². The molecule has 1 aromatic carbocycles. The lowest BCUT2D eigenvalue weighted by Gasteiger charge is -2.45. The monoisotopic (exact) mass is 685 g/mol. The van der Waals surface area contributed by atoms with Crippen molar-refractivity contribution in [2.45, 2.75) is 95.5 Å². The van der Waals surface area contributed by atoms with Crippen molar-refractivity contribution >= 4 is 35.2 Å². The maximum Gasteiger partial charge on any atom is 0.254 e. The molecule has 0 bridgehead atoms. The Morgan fingerprint density at radius 1 is 1.04 bits per heavy atom. The number of nitrogens with zero attached hydrogens (tertiary/aromatic N) is 2. The molecular formula is C35H48ClN5O5S. The number of aromatic nitrogens is 1. The van der Waals surface area contributed by atoms with Gasteiger partial charge in [-0.25, -0.2) is 0 Å². The van der Waals surface area contributed by atoms with Gasteiger partial charge in [-0.2, -0.15) is 0 Å². The zero-order valence-electron chi connectivity index (χ0n) is 28.2. The highest BCUT2D eigenvalue weighted by molar-refractivity contribution is 7.98. The fourth-order valence-electron chi connectivity index (χ4n) is 7.79. The number of ether oxygens (including phenoxy) is 2. The van der Waals surface area contributed by atoms with Crippen molar-refractivity contribution in [3.63, 3.8) is 0 Å². The van der Waals surface area contributed by atoms with Crippen molar-refractivity contribution in [2.24, 2.45) is 11.8 Å². The summed E-state index contributed by atoms with van der Waals surface area (Å²) in [5.74, 6) is 0.912. The van der Waals surface area contributed by atoms with E-state index < -0.39 is 5.79 Å². The van der Waals surface area contributed by atoms with Crippen LogP contribution in [-0.2, 0) is 11.3 Å². The standard InChI is InChI=1S/C35H48ClN5O5S/c1-20-14-30(47-5)28(34(44)38-20)16-37-33(43)27-15-29(36)32-31(21(27)2)45-35(4,46-32)24-6-8-25(9-7-24)39-26-18-40(19-26)17-23-10-12-41(13-11-23)22(3)42/h14-15,23-26,39H,6-13,16-19H2,1-5H3,(H,37,43)(H,38,44). The number of benzene rings is 1. The molecule has 0 spiro atoms. The SMILES string of the molecule is CSc1cc(C)[nH]c(=O)c1CNC(=O)c1cc(Cl)c2c(c1C)OC(C)(C1CCC(NC3CN(CC4CCN(C(C)=O)CC4)C3)CC1)O2. The lowest BCUT2D eigenvalue weighted by molar-refractivity contribution is -0.130. The van der Waals surface area contributed by atoms with E-state index in [1.807, 2.05) is 38.0 Å². The van der Waals surface area contributed by atoms with Crippen molar-refractivity contribution in [3.05, 3.63) is 49.9 Å².